The number of piperidine rings is 1. The lowest BCUT2D eigenvalue weighted by Crippen LogP contribution is -2.30. The van der Waals surface area contributed by atoms with Crippen LogP contribution in [0.1, 0.15) is 35.3 Å². The molecule has 0 saturated carbocycles. The van der Waals surface area contributed by atoms with E-state index in [1.54, 1.807) is 5.38 Å². The molecule has 3 heterocycles. The summed E-state index contributed by atoms with van der Waals surface area (Å²) in [6.07, 6.45) is 5.53. The summed E-state index contributed by atoms with van der Waals surface area (Å²) >= 11 is 7.36. The Bertz CT molecular complexity index is 951. The number of aromatic nitrogens is 2. The van der Waals surface area contributed by atoms with Crippen molar-refractivity contribution in [2.45, 2.75) is 25.8 Å². The first kappa shape index (κ1) is 18.9. The quantitative estimate of drug-likeness (QED) is 0.655. The molecule has 0 aliphatic carbocycles. The topological polar surface area (TPSA) is 58.1 Å². The lowest BCUT2D eigenvalue weighted by molar-refractivity contribution is 0.0946. The van der Waals surface area contributed by atoms with Crippen molar-refractivity contribution in [3.05, 3.63) is 64.3 Å². The molecule has 0 spiro atoms. The van der Waals surface area contributed by atoms with Gasteiger partial charge < -0.3 is 10.2 Å². The largest absolute Gasteiger partial charge is 0.357 e. The van der Waals surface area contributed by atoms with Gasteiger partial charge in [-0.1, -0.05) is 23.7 Å². The van der Waals surface area contributed by atoms with Gasteiger partial charge in [0, 0.05) is 41.8 Å². The van der Waals surface area contributed by atoms with E-state index in [-0.39, 0.29) is 5.91 Å². The van der Waals surface area contributed by atoms with Gasteiger partial charge in [0.25, 0.3) is 5.91 Å². The smallest absolute Gasteiger partial charge is 0.271 e. The molecule has 7 heteroatoms. The van der Waals surface area contributed by atoms with Gasteiger partial charge in [0.15, 0.2) is 0 Å². The molecule has 0 atom stereocenters. The molecule has 0 bridgehead atoms. The second-order valence-corrected chi connectivity index (χ2v) is 8.09. The SMILES string of the molecule is O=C(NCc1ccc(Cl)cc1)c1csc(-c2ccnc(N3CCCCC3)c2)n1. The summed E-state index contributed by atoms with van der Waals surface area (Å²) in [5.41, 5.74) is 2.43. The van der Waals surface area contributed by atoms with E-state index in [9.17, 15) is 4.79 Å². The standard InChI is InChI=1S/C21H21ClN4OS/c22-17-6-4-15(5-7-17)13-24-20(27)18-14-28-21(25-18)16-8-9-23-19(12-16)26-10-2-1-3-11-26/h4-9,12,14H,1-3,10-11,13H2,(H,24,27). The van der Waals surface area contributed by atoms with Crippen molar-refractivity contribution < 1.29 is 4.79 Å². The predicted octanol–water partition coefficient (Wildman–Crippen LogP) is 4.78. The molecule has 1 fully saturated rings. The molecule has 3 aromatic rings. The molecule has 4 rings (SSSR count). The average molecular weight is 413 g/mol. The minimum atomic E-state index is -0.178. The number of halogens is 1. The first-order chi connectivity index (χ1) is 13.7. The Morgan fingerprint density at radius 1 is 1.14 bits per heavy atom. The molecule has 1 amide bonds. The summed E-state index contributed by atoms with van der Waals surface area (Å²) in [6, 6.07) is 11.4. The molecule has 0 unspecified atom stereocenters. The van der Waals surface area contributed by atoms with E-state index in [2.05, 4.69) is 26.3 Å². The lowest BCUT2D eigenvalue weighted by Gasteiger charge is -2.27. The van der Waals surface area contributed by atoms with Crippen LogP contribution < -0.4 is 10.2 Å². The van der Waals surface area contributed by atoms with E-state index >= 15 is 0 Å². The number of amides is 1. The number of hydrogen-bond acceptors (Lipinski definition) is 5. The third-order valence-corrected chi connectivity index (χ3v) is 5.92. The Hall–Kier alpha value is -2.44. The van der Waals surface area contributed by atoms with Crippen LogP contribution in [0.25, 0.3) is 10.6 Å². The molecule has 0 radical (unpaired) electrons. The van der Waals surface area contributed by atoms with Crippen molar-refractivity contribution in [3.63, 3.8) is 0 Å². The Labute approximate surface area is 173 Å². The molecule has 144 valence electrons. The zero-order chi connectivity index (χ0) is 19.3. The van der Waals surface area contributed by atoms with Gasteiger partial charge in [-0.05, 0) is 49.1 Å². The Morgan fingerprint density at radius 2 is 1.93 bits per heavy atom. The van der Waals surface area contributed by atoms with Gasteiger partial charge in [-0.25, -0.2) is 9.97 Å². The molecular weight excluding hydrogens is 392 g/mol. The normalized spacial score (nSPS) is 14.1. The molecule has 2 aromatic heterocycles. The molecule has 5 nitrogen and oxygen atoms in total. The number of nitrogens with one attached hydrogen (secondary N) is 1. The van der Waals surface area contributed by atoms with E-state index < -0.39 is 0 Å². The van der Waals surface area contributed by atoms with Crippen LogP contribution in [0.2, 0.25) is 5.02 Å². The summed E-state index contributed by atoms with van der Waals surface area (Å²) in [7, 11) is 0. The van der Waals surface area contributed by atoms with Crippen LogP contribution in [-0.2, 0) is 6.54 Å². The zero-order valence-corrected chi connectivity index (χ0v) is 17.0. The van der Waals surface area contributed by atoms with Gasteiger partial charge in [-0.2, -0.15) is 0 Å². The highest BCUT2D eigenvalue weighted by Gasteiger charge is 2.15. The molecule has 28 heavy (non-hydrogen) atoms. The molecule has 1 saturated heterocycles. The van der Waals surface area contributed by atoms with Gasteiger partial charge in [0.1, 0.15) is 16.5 Å². The number of carbonyl (C=O) groups is 1. The molecular formula is C21H21ClN4OS. The van der Waals surface area contributed by atoms with Crippen LogP contribution in [0, 0.1) is 0 Å². The van der Waals surface area contributed by atoms with Gasteiger partial charge >= 0.3 is 0 Å². The Kier molecular flexibility index (Phi) is 5.88. The fourth-order valence-corrected chi connectivity index (χ4v) is 4.16. The van der Waals surface area contributed by atoms with Crippen molar-refractivity contribution in [3.8, 4) is 10.6 Å². The number of rotatable bonds is 5. The minimum Gasteiger partial charge on any atom is -0.357 e. The highest BCUT2D eigenvalue weighted by molar-refractivity contribution is 7.13. The Morgan fingerprint density at radius 3 is 2.71 bits per heavy atom. The van der Waals surface area contributed by atoms with E-state index in [0.717, 1.165) is 35.0 Å². The highest BCUT2D eigenvalue weighted by Crippen LogP contribution is 2.27. The second-order valence-electron chi connectivity index (χ2n) is 6.80. The molecule has 1 aromatic carbocycles. The fraction of sp³-hybridized carbons (Fsp3) is 0.286. The van der Waals surface area contributed by atoms with E-state index in [1.165, 1.54) is 30.6 Å². The van der Waals surface area contributed by atoms with Crippen LogP contribution in [0.3, 0.4) is 0 Å². The van der Waals surface area contributed by atoms with Crippen LogP contribution >= 0.6 is 22.9 Å². The summed E-state index contributed by atoms with van der Waals surface area (Å²) in [6.45, 7) is 2.54. The van der Waals surface area contributed by atoms with E-state index in [1.807, 2.05) is 36.5 Å². The number of pyridine rings is 1. The Balaban J connectivity index is 1.43. The summed E-state index contributed by atoms with van der Waals surface area (Å²) in [5.74, 6) is 0.809. The summed E-state index contributed by atoms with van der Waals surface area (Å²) in [4.78, 5) is 23.8. The number of carbonyl (C=O) groups excluding carboxylic acids is 1. The van der Waals surface area contributed by atoms with Crippen LogP contribution in [0.15, 0.2) is 48.0 Å². The van der Waals surface area contributed by atoms with Crippen molar-refractivity contribution in [2.24, 2.45) is 0 Å². The maximum absolute atomic E-state index is 12.4. The third-order valence-electron chi connectivity index (χ3n) is 4.78. The average Bonchev–Trinajstić information content (AvgIpc) is 3.24. The van der Waals surface area contributed by atoms with Crippen molar-refractivity contribution in [1.29, 1.82) is 0 Å². The second kappa shape index (κ2) is 8.71. The van der Waals surface area contributed by atoms with Crippen LogP contribution in [0.4, 0.5) is 5.82 Å². The number of benzene rings is 1. The van der Waals surface area contributed by atoms with Gasteiger partial charge in [-0.15, -0.1) is 11.3 Å². The molecule has 1 N–H and O–H groups in total. The molecule has 1 aliphatic heterocycles. The summed E-state index contributed by atoms with van der Waals surface area (Å²) < 4.78 is 0. The monoisotopic (exact) mass is 412 g/mol. The van der Waals surface area contributed by atoms with E-state index in [4.69, 9.17) is 11.6 Å². The maximum atomic E-state index is 12.4. The first-order valence-electron chi connectivity index (χ1n) is 9.38. The van der Waals surface area contributed by atoms with Crippen molar-refractivity contribution in [1.82, 2.24) is 15.3 Å². The number of thiazole rings is 1. The lowest BCUT2D eigenvalue weighted by atomic mass is 10.1. The number of anilines is 1. The summed E-state index contributed by atoms with van der Waals surface area (Å²) in [5, 5.41) is 6.22. The van der Waals surface area contributed by atoms with Crippen molar-refractivity contribution in [2.75, 3.05) is 18.0 Å². The van der Waals surface area contributed by atoms with Gasteiger partial charge in [-0.3, -0.25) is 4.79 Å². The molecule has 1 aliphatic rings. The van der Waals surface area contributed by atoms with Gasteiger partial charge in [0.05, 0.1) is 0 Å². The maximum Gasteiger partial charge on any atom is 0.271 e. The predicted molar refractivity (Wildman–Crippen MR) is 114 cm³/mol. The first-order valence-corrected chi connectivity index (χ1v) is 10.6. The third kappa shape index (κ3) is 4.51. The minimum absolute atomic E-state index is 0.178. The zero-order valence-electron chi connectivity index (χ0n) is 15.4. The van der Waals surface area contributed by atoms with E-state index in [0.29, 0.717) is 17.3 Å². The van der Waals surface area contributed by atoms with Crippen LogP contribution in [-0.4, -0.2) is 29.0 Å². The highest BCUT2D eigenvalue weighted by atomic mass is 35.5. The van der Waals surface area contributed by atoms with Crippen LogP contribution in [0.5, 0.6) is 0 Å². The van der Waals surface area contributed by atoms with Crippen molar-refractivity contribution >= 4 is 34.7 Å². The number of hydrogen-bond donors (Lipinski definition) is 1. The number of nitrogens with zero attached hydrogens (tertiary/aromatic N) is 3. The van der Waals surface area contributed by atoms with Gasteiger partial charge in [0.2, 0.25) is 0 Å². The fourth-order valence-electron chi connectivity index (χ4n) is 3.23.